The second-order valence-corrected chi connectivity index (χ2v) is 7.32. The molecule has 0 aliphatic rings. The third-order valence-corrected chi connectivity index (χ3v) is 5.07. The molecule has 0 saturated heterocycles. The lowest BCUT2D eigenvalue weighted by Crippen LogP contribution is -2.35. The number of hydrogen-bond acceptors (Lipinski definition) is 5. The Morgan fingerprint density at radius 1 is 1.04 bits per heavy atom. The number of aromatic nitrogens is 4. The molecular weight excluding hydrogens is 346 g/mol. The quantitative estimate of drug-likeness (QED) is 0.601. The number of carbonyl (C=O) groups is 1. The van der Waals surface area contributed by atoms with Gasteiger partial charge in [-0.2, -0.15) is 0 Å². The molecule has 0 unspecified atom stereocenters. The van der Waals surface area contributed by atoms with E-state index in [1.165, 1.54) is 11.8 Å². The van der Waals surface area contributed by atoms with Gasteiger partial charge < -0.3 is 4.90 Å². The molecule has 7 heteroatoms. The summed E-state index contributed by atoms with van der Waals surface area (Å²) in [5, 5.41) is 11.8. The van der Waals surface area contributed by atoms with Crippen LogP contribution in [0, 0.1) is 0 Å². The van der Waals surface area contributed by atoms with Gasteiger partial charge in [-0.15, -0.1) is 5.10 Å². The fourth-order valence-electron chi connectivity index (χ4n) is 2.61. The zero-order chi connectivity index (χ0) is 18.4. The molecule has 1 aromatic heterocycles. The Balaban J connectivity index is 1.76. The van der Waals surface area contributed by atoms with Gasteiger partial charge in [-0.1, -0.05) is 72.4 Å². The van der Waals surface area contributed by atoms with Crippen LogP contribution in [0.4, 0.5) is 0 Å². The molecule has 0 spiro atoms. The van der Waals surface area contributed by atoms with Crippen molar-refractivity contribution >= 4 is 17.7 Å². The van der Waals surface area contributed by atoms with E-state index in [4.69, 9.17) is 0 Å². The first-order valence-electron chi connectivity index (χ1n) is 8.39. The average molecular weight is 367 g/mol. The van der Waals surface area contributed by atoms with Crippen molar-refractivity contribution in [2.45, 2.75) is 30.4 Å². The van der Waals surface area contributed by atoms with Crippen LogP contribution in [-0.4, -0.2) is 36.3 Å². The van der Waals surface area contributed by atoms with Crippen LogP contribution in [0.15, 0.2) is 65.8 Å². The van der Waals surface area contributed by atoms with Crippen LogP contribution in [0.1, 0.15) is 18.1 Å². The lowest BCUT2D eigenvalue weighted by Gasteiger charge is -2.25. The van der Waals surface area contributed by atoms with Crippen molar-refractivity contribution in [3.8, 4) is 0 Å². The van der Waals surface area contributed by atoms with Crippen LogP contribution >= 0.6 is 11.8 Å². The van der Waals surface area contributed by atoms with E-state index in [9.17, 15) is 4.79 Å². The first-order chi connectivity index (χ1) is 12.6. The summed E-state index contributed by atoms with van der Waals surface area (Å²) in [6.45, 7) is 3.03. The Labute approximate surface area is 157 Å². The first kappa shape index (κ1) is 18.1. The van der Waals surface area contributed by atoms with Crippen molar-refractivity contribution in [3.05, 3.63) is 71.8 Å². The SMILES string of the molecule is C[C@@H](Sc1nnnn1C)C(=O)N(Cc1ccccc1)Cc1ccccc1. The Kier molecular flexibility index (Phi) is 6.01. The van der Waals surface area contributed by atoms with E-state index in [1.807, 2.05) is 72.5 Å². The van der Waals surface area contributed by atoms with E-state index in [1.54, 1.807) is 11.7 Å². The molecule has 2 aromatic carbocycles. The minimum Gasteiger partial charge on any atom is -0.333 e. The maximum atomic E-state index is 13.1. The summed E-state index contributed by atoms with van der Waals surface area (Å²) in [5.41, 5.74) is 2.21. The zero-order valence-electron chi connectivity index (χ0n) is 14.8. The minimum atomic E-state index is -0.285. The van der Waals surface area contributed by atoms with Crippen molar-refractivity contribution in [3.63, 3.8) is 0 Å². The summed E-state index contributed by atoms with van der Waals surface area (Å²) in [5.74, 6) is 0.0608. The molecule has 3 rings (SSSR count). The second-order valence-electron chi connectivity index (χ2n) is 6.01. The topological polar surface area (TPSA) is 63.9 Å². The van der Waals surface area contributed by atoms with Crippen molar-refractivity contribution < 1.29 is 4.79 Å². The Morgan fingerprint density at radius 2 is 1.58 bits per heavy atom. The lowest BCUT2D eigenvalue weighted by atomic mass is 10.1. The van der Waals surface area contributed by atoms with Crippen LogP contribution in [0.2, 0.25) is 0 Å². The Morgan fingerprint density at radius 3 is 2.04 bits per heavy atom. The van der Waals surface area contributed by atoms with Crippen molar-refractivity contribution in [1.29, 1.82) is 0 Å². The van der Waals surface area contributed by atoms with Crippen molar-refractivity contribution in [2.24, 2.45) is 7.05 Å². The fourth-order valence-corrected chi connectivity index (χ4v) is 3.44. The van der Waals surface area contributed by atoms with Crippen LogP contribution in [0.5, 0.6) is 0 Å². The molecule has 0 saturated carbocycles. The average Bonchev–Trinajstić information content (AvgIpc) is 3.07. The molecule has 0 bridgehead atoms. The summed E-state index contributed by atoms with van der Waals surface area (Å²) in [6, 6.07) is 20.1. The summed E-state index contributed by atoms with van der Waals surface area (Å²) < 4.78 is 1.58. The third kappa shape index (κ3) is 4.70. The number of hydrogen-bond donors (Lipinski definition) is 0. The van der Waals surface area contributed by atoms with E-state index in [0.29, 0.717) is 18.2 Å². The van der Waals surface area contributed by atoms with Gasteiger partial charge >= 0.3 is 0 Å². The number of benzene rings is 2. The number of rotatable bonds is 7. The fraction of sp³-hybridized carbons (Fsp3) is 0.263. The molecule has 134 valence electrons. The van der Waals surface area contributed by atoms with Gasteiger partial charge in [-0.25, -0.2) is 4.68 Å². The Hall–Kier alpha value is -2.67. The minimum absolute atomic E-state index is 0.0608. The molecule has 1 heterocycles. The second kappa shape index (κ2) is 8.62. The number of thioether (sulfide) groups is 1. The number of aryl methyl sites for hydroxylation is 1. The van der Waals surface area contributed by atoms with Crippen molar-refractivity contribution in [1.82, 2.24) is 25.1 Å². The van der Waals surface area contributed by atoms with E-state index >= 15 is 0 Å². The number of tetrazole rings is 1. The largest absolute Gasteiger partial charge is 0.333 e. The van der Waals surface area contributed by atoms with Gasteiger partial charge in [-0.3, -0.25) is 4.79 Å². The lowest BCUT2D eigenvalue weighted by molar-refractivity contribution is -0.131. The van der Waals surface area contributed by atoms with Gasteiger partial charge in [0.05, 0.1) is 5.25 Å². The molecule has 0 aliphatic carbocycles. The molecule has 0 N–H and O–H groups in total. The number of amides is 1. The third-order valence-electron chi connectivity index (χ3n) is 3.96. The molecular formula is C19H21N5OS. The highest BCUT2D eigenvalue weighted by atomic mass is 32.2. The highest BCUT2D eigenvalue weighted by Crippen LogP contribution is 2.23. The highest BCUT2D eigenvalue weighted by molar-refractivity contribution is 8.00. The summed E-state index contributed by atoms with van der Waals surface area (Å²) in [7, 11) is 1.77. The summed E-state index contributed by atoms with van der Waals surface area (Å²) in [4.78, 5) is 15.0. The monoisotopic (exact) mass is 367 g/mol. The molecule has 0 fully saturated rings. The van der Waals surface area contributed by atoms with E-state index < -0.39 is 0 Å². The van der Waals surface area contributed by atoms with E-state index in [-0.39, 0.29) is 11.2 Å². The van der Waals surface area contributed by atoms with Gasteiger partial charge in [0.1, 0.15) is 0 Å². The smallest absolute Gasteiger partial charge is 0.236 e. The molecule has 3 aromatic rings. The standard InChI is InChI=1S/C19H21N5OS/c1-15(26-19-20-21-22-23(19)2)18(25)24(13-16-9-5-3-6-10-16)14-17-11-7-4-8-12-17/h3-12,15H,13-14H2,1-2H3/t15-/m1/s1. The first-order valence-corrected chi connectivity index (χ1v) is 9.27. The van der Waals surface area contributed by atoms with Gasteiger partial charge in [0.2, 0.25) is 11.1 Å². The predicted molar refractivity (Wildman–Crippen MR) is 101 cm³/mol. The summed E-state index contributed by atoms with van der Waals surface area (Å²) >= 11 is 1.37. The molecule has 0 radical (unpaired) electrons. The van der Waals surface area contributed by atoms with E-state index in [2.05, 4.69) is 15.5 Å². The van der Waals surface area contributed by atoms with Crippen LogP contribution < -0.4 is 0 Å². The van der Waals surface area contributed by atoms with Gasteiger partial charge in [-0.05, 0) is 28.5 Å². The van der Waals surface area contributed by atoms with Crippen molar-refractivity contribution in [2.75, 3.05) is 0 Å². The van der Waals surface area contributed by atoms with Gasteiger partial charge in [0, 0.05) is 20.1 Å². The van der Waals surface area contributed by atoms with Gasteiger partial charge in [0.25, 0.3) is 0 Å². The summed E-state index contributed by atoms with van der Waals surface area (Å²) in [6.07, 6.45) is 0. The number of carbonyl (C=O) groups excluding carboxylic acids is 1. The molecule has 0 aliphatic heterocycles. The normalized spacial score (nSPS) is 11.9. The maximum absolute atomic E-state index is 13.1. The maximum Gasteiger partial charge on any atom is 0.236 e. The molecule has 1 atom stereocenters. The van der Waals surface area contributed by atoms with Crippen LogP contribution in [0.25, 0.3) is 0 Å². The molecule has 26 heavy (non-hydrogen) atoms. The van der Waals surface area contributed by atoms with Crippen LogP contribution in [0.3, 0.4) is 0 Å². The predicted octanol–water partition coefficient (Wildman–Crippen LogP) is 2.92. The Bertz CT molecular complexity index is 796. The zero-order valence-corrected chi connectivity index (χ0v) is 15.6. The number of nitrogens with zero attached hydrogens (tertiary/aromatic N) is 5. The van der Waals surface area contributed by atoms with Gasteiger partial charge in [0.15, 0.2) is 0 Å². The molecule has 6 nitrogen and oxygen atoms in total. The van der Waals surface area contributed by atoms with E-state index in [0.717, 1.165) is 11.1 Å². The van der Waals surface area contributed by atoms with Crippen LogP contribution in [-0.2, 0) is 24.9 Å². The molecule has 1 amide bonds. The highest BCUT2D eigenvalue weighted by Gasteiger charge is 2.23.